The van der Waals surface area contributed by atoms with Gasteiger partial charge in [0.2, 0.25) is 0 Å². The molecule has 30 heavy (non-hydrogen) atoms. The number of aryl methyl sites for hydroxylation is 1. The summed E-state index contributed by atoms with van der Waals surface area (Å²) in [5, 5.41) is 0.726. The van der Waals surface area contributed by atoms with Crippen LogP contribution in [0.2, 0.25) is 5.02 Å². The fraction of sp³-hybridized carbons (Fsp3) is 0.480. The minimum absolute atomic E-state index is 0.726. The third-order valence-electron chi connectivity index (χ3n) is 6.38. The largest absolute Gasteiger partial charge is 0.493 e. The number of unbranched alkanes of at least 4 members (excludes halogenated alkanes) is 1. The van der Waals surface area contributed by atoms with Gasteiger partial charge in [0.1, 0.15) is 11.6 Å². The molecule has 0 radical (unpaired) electrons. The van der Waals surface area contributed by atoms with Crippen molar-refractivity contribution in [1.82, 2.24) is 14.9 Å². The number of aromatic nitrogens is 2. The van der Waals surface area contributed by atoms with Crippen molar-refractivity contribution >= 4 is 22.6 Å². The normalized spacial score (nSPS) is 15.7. The highest BCUT2D eigenvalue weighted by Crippen LogP contribution is 2.31. The lowest BCUT2D eigenvalue weighted by Crippen LogP contribution is -2.30. The van der Waals surface area contributed by atoms with E-state index in [9.17, 15) is 0 Å². The number of aromatic amines is 1. The Labute approximate surface area is 184 Å². The van der Waals surface area contributed by atoms with Gasteiger partial charge in [0.25, 0.3) is 0 Å². The van der Waals surface area contributed by atoms with E-state index in [1.807, 2.05) is 25.1 Å². The van der Waals surface area contributed by atoms with Gasteiger partial charge in [0.15, 0.2) is 0 Å². The van der Waals surface area contributed by atoms with Crippen molar-refractivity contribution in [3.05, 3.63) is 46.5 Å². The molecule has 0 amide bonds. The Bertz CT molecular complexity index is 1010. The molecule has 3 aromatic rings. The minimum atomic E-state index is 0.726. The molecule has 0 spiro atoms. The topological polar surface area (TPSA) is 41.1 Å². The van der Waals surface area contributed by atoms with Crippen molar-refractivity contribution in [3.8, 4) is 17.1 Å². The van der Waals surface area contributed by atoms with Crippen molar-refractivity contribution in [2.24, 2.45) is 5.92 Å². The van der Waals surface area contributed by atoms with Crippen LogP contribution >= 0.6 is 11.6 Å². The lowest BCUT2D eigenvalue weighted by Gasteiger charge is -2.28. The summed E-state index contributed by atoms with van der Waals surface area (Å²) in [6.45, 7) is 7.42. The number of fused-ring (bicyclic) bond motifs is 1. The van der Waals surface area contributed by atoms with E-state index < -0.39 is 0 Å². The van der Waals surface area contributed by atoms with Gasteiger partial charge in [-0.15, -0.1) is 0 Å². The van der Waals surface area contributed by atoms with E-state index in [0.29, 0.717) is 0 Å². The average Bonchev–Trinajstić information content (AvgIpc) is 3.14. The number of H-pyrrole nitrogens is 1. The third kappa shape index (κ3) is 4.81. The van der Waals surface area contributed by atoms with Crippen LogP contribution in [0.5, 0.6) is 5.75 Å². The van der Waals surface area contributed by atoms with Gasteiger partial charge in [-0.2, -0.15) is 0 Å². The Kier molecular flexibility index (Phi) is 6.64. The van der Waals surface area contributed by atoms with Crippen LogP contribution in [0.1, 0.15) is 43.2 Å². The van der Waals surface area contributed by atoms with Gasteiger partial charge in [0.05, 0.1) is 17.6 Å². The summed E-state index contributed by atoms with van der Waals surface area (Å²) in [5.41, 5.74) is 5.21. The van der Waals surface area contributed by atoms with Gasteiger partial charge in [-0.1, -0.05) is 30.2 Å². The number of benzene rings is 2. The van der Waals surface area contributed by atoms with Crippen LogP contribution < -0.4 is 4.74 Å². The van der Waals surface area contributed by atoms with E-state index >= 15 is 0 Å². The van der Waals surface area contributed by atoms with Gasteiger partial charge in [-0.25, -0.2) is 4.98 Å². The molecule has 2 aromatic carbocycles. The Balaban J connectivity index is 1.37. The summed E-state index contributed by atoms with van der Waals surface area (Å²) in [4.78, 5) is 10.7. The lowest BCUT2D eigenvalue weighted by molar-refractivity contribution is 0.206. The monoisotopic (exact) mass is 425 g/mol. The highest BCUT2D eigenvalue weighted by molar-refractivity contribution is 6.31. The number of ether oxygens (including phenoxy) is 1. The fourth-order valence-electron chi connectivity index (χ4n) is 4.47. The molecule has 1 fully saturated rings. The second-order valence-corrected chi connectivity index (χ2v) is 9.16. The Morgan fingerprint density at radius 1 is 1.17 bits per heavy atom. The first-order valence-corrected chi connectivity index (χ1v) is 11.5. The van der Waals surface area contributed by atoms with Gasteiger partial charge in [-0.05, 0) is 89.3 Å². The molecule has 0 atom stereocenters. The number of likely N-dealkylation sites (tertiary alicyclic amines) is 1. The molecule has 1 N–H and O–H groups in total. The molecular weight excluding hydrogens is 394 g/mol. The number of hydrogen-bond acceptors (Lipinski definition) is 3. The summed E-state index contributed by atoms with van der Waals surface area (Å²) in [6.07, 6.45) is 6.38. The maximum Gasteiger partial charge on any atom is 0.138 e. The zero-order valence-corrected chi connectivity index (χ0v) is 19.1. The number of nitrogens with one attached hydrogen (secondary N) is 1. The molecule has 5 heteroatoms. The predicted octanol–water partition coefficient (Wildman–Crippen LogP) is 6.39. The molecule has 0 aliphatic carbocycles. The molecule has 160 valence electrons. The SMILES string of the molecule is Cc1c(OCCCCC2CCN(C)CC2)cccc1-c1nc2c(C)cc(Cl)cc2[nH]1. The quantitative estimate of drug-likeness (QED) is 0.446. The van der Waals surface area contributed by atoms with Crippen molar-refractivity contribution in [2.75, 3.05) is 26.7 Å². The summed E-state index contributed by atoms with van der Waals surface area (Å²) in [6, 6.07) is 10.1. The highest BCUT2D eigenvalue weighted by atomic mass is 35.5. The van der Waals surface area contributed by atoms with E-state index in [-0.39, 0.29) is 0 Å². The van der Waals surface area contributed by atoms with Crippen molar-refractivity contribution in [2.45, 2.75) is 46.0 Å². The van der Waals surface area contributed by atoms with Crippen molar-refractivity contribution in [1.29, 1.82) is 0 Å². The average molecular weight is 426 g/mol. The van der Waals surface area contributed by atoms with Crippen molar-refractivity contribution in [3.63, 3.8) is 0 Å². The Hall–Kier alpha value is -2.04. The molecule has 0 bridgehead atoms. The maximum atomic E-state index is 6.20. The lowest BCUT2D eigenvalue weighted by atomic mass is 9.92. The van der Waals surface area contributed by atoms with Gasteiger partial charge in [-0.3, -0.25) is 0 Å². The zero-order valence-electron chi connectivity index (χ0n) is 18.3. The highest BCUT2D eigenvalue weighted by Gasteiger charge is 2.16. The molecule has 1 saturated heterocycles. The van der Waals surface area contributed by atoms with Gasteiger partial charge >= 0.3 is 0 Å². The number of imidazole rings is 1. The van der Waals surface area contributed by atoms with Gasteiger partial charge in [0, 0.05) is 16.1 Å². The number of piperidine rings is 1. The molecule has 0 saturated carbocycles. The van der Waals surface area contributed by atoms with E-state index in [1.165, 1.54) is 38.8 Å². The second kappa shape index (κ2) is 9.40. The standard InChI is InChI=1S/C25H32ClN3O/c1-17-15-20(26)16-22-24(17)28-25(27-22)21-8-6-9-23(18(21)2)30-14-5-4-7-19-10-12-29(3)13-11-19/h6,8-9,15-16,19H,4-5,7,10-14H2,1-3H3,(H,27,28). The van der Waals surface area contributed by atoms with Crippen molar-refractivity contribution < 1.29 is 4.74 Å². The molecule has 1 aliphatic rings. The van der Waals surface area contributed by atoms with Crippen LogP contribution in [0.15, 0.2) is 30.3 Å². The molecular formula is C25H32ClN3O. The first kappa shape index (κ1) is 21.2. The molecule has 4 nitrogen and oxygen atoms in total. The van der Waals surface area contributed by atoms with E-state index in [4.69, 9.17) is 21.3 Å². The third-order valence-corrected chi connectivity index (χ3v) is 6.60. The van der Waals surface area contributed by atoms with Crippen LogP contribution in [0, 0.1) is 19.8 Å². The van der Waals surface area contributed by atoms with Gasteiger partial charge < -0.3 is 14.6 Å². The maximum absolute atomic E-state index is 6.20. The summed E-state index contributed by atoms with van der Waals surface area (Å²) >= 11 is 6.20. The molecule has 0 unspecified atom stereocenters. The number of nitrogens with zero attached hydrogens (tertiary/aromatic N) is 2. The molecule has 4 rings (SSSR count). The second-order valence-electron chi connectivity index (χ2n) is 8.72. The van der Waals surface area contributed by atoms with E-state index in [2.05, 4.69) is 36.0 Å². The zero-order chi connectivity index (χ0) is 21.1. The van der Waals surface area contributed by atoms with Crippen LogP contribution in [-0.4, -0.2) is 41.6 Å². The summed E-state index contributed by atoms with van der Waals surface area (Å²) in [5.74, 6) is 2.71. The van der Waals surface area contributed by atoms with Crippen LogP contribution in [0.3, 0.4) is 0 Å². The van der Waals surface area contributed by atoms with Crippen LogP contribution in [0.25, 0.3) is 22.4 Å². The Morgan fingerprint density at radius 3 is 2.77 bits per heavy atom. The number of halogens is 1. The molecule has 1 aromatic heterocycles. The number of hydrogen-bond donors (Lipinski definition) is 1. The Morgan fingerprint density at radius 2 is 1.97 bits per heavy atom. The first-order chi connectivity index (χ1) is 14.5. The van der Waals surface area contributed by atoms with Crippen LogP contribution in [-0.2, 0) is 0 Å². The minimum Gasteiger partial charge on any atom is -0.493 e. The molecule has 2 heterocycles. The summed E-state index contributed by atoms with van der Waals surface area (Å²) < 4.78 is 6.15. The first-order valence-electron chi connectivity index (χ1n) is 11.1. The van der Waals surface area contributed by atoms with E-state index in [1.54, 1.807) is 0 Å². The number of rotatable bonds is 7. The fourth-order valence-corrected chi connectivity index (χ4v) is 4.74. The summed E-state index contributed by atoms with van der Waals surface area (Å²) in [7, 11) is 2.22. The smallest absolute Gasteiger partial charge is 0.138 e. The molecule has 1 aliphatic heterocycles. The van der Waals surface area contributed by atoms with Crippen LogP contribution in [0.4, 0.5) is 0 Å². The van der Waals surface area contributed by atoms with E-state index in [0.717, 1.165) is 63.3 Å². The predicted molar refractivity (Wildman–Crippen MR) is 126 cm³/mol.